The molecular formula is C14H21N3O5S. The Morgan fingerprint density at radius 3 is 2.13 bits per heavy atom. The van der Waals surface area contributed by atoms with E-state index in [-0.39, 0.29) is 55.2 Å². The molecule has 3 rings (SSSR count). The molecule has 3 fully saturated rings. The van der Waals surface area contributed by atoms with Crippen molar-refractivity contribution in [3.63, 3.8) is 0 Å². The quantitative estimate of drug-likeness (QED) is 0.674. The van der Waals surface area contributed by atoms with Crippen LogP contribution in [0.25, 0.3) is 0 Å². The van der Waals surface area contributed by atoms with Crippen molar-refractivity contribution in [3.05, 3.63) is 0 Å². The number of sulfonamides is 1. The lowest BCUT2D eigenvalue weighted by Gasteiger charge is -2.37. The number of hydrogen-bond donors (Lipinski definition) is 1. The molecule has 2 bridgehead atoms. The highest BCUT2D eigenvalue weighted by Gasteiger charge is 2.45. The lowest BCUT2D eigenvalue weighted by molar-refractivity contribution is -0.142. The molecule has 1 N–H and O–H groups in total. The maximum Gasteiger partial charge on any atom is 0.240 e. The number of piperidine rings is 1. The second kappa shape index (κ2) is 5.86. The van der Waals surface area contributed by atoms with Gasteiger partial charge in [0.1, 0.15) is 6.54 Å². The molecule has 3 saturated heterocycles. The Labute approximate surface area is 135 Å². The Bertz CT molecular complexity index is 617. The second-order valence-corrected chi connectivity index (χ2v) is 8.48. The molecular weight excluding hydrogens is 322 g/mol. The van der Waals surface area contributed by atoms with Crippen molar-refractivity contribution < 1.29 is 22.8 Å². The van der Waals surface area contributed by atoms with Gasteiger partial charge in [0.25, 0.3) is 0 Å². The number of carbonyl (C=O) groups excluding carboxylic acids is 3. The summed E-state index contributed by atoms with van der Waals surface area (Å²) in [6.45, 7) is -0.237. The molecule has 3 heterocycles. The van der Waals surface area contributed by atoms with E-state index in [4.69, 9.17) is 0 Å². The number of amides is 3. The summed E-state index contributed by atoms with van der Waals surface area (Å²) in [4.78, 5) is 36.1. The second-order valence-electron chi connectivity index (χ2n) is 6.59. The first-order valence-electron chi connectivity index (χ1n) is 7.87. The summed E-state index contributed by atoms with van der Waals surface area (Å²) >= 11 is 0. The number of fused-ring (bicyclic) bond motifs is 2. The molecule has 2 atom stereocenters. The molecule has 3 aliphatic rings. The largest absolute Gasteiger partial charge is 0.352 e. The first-order valence-corrected chi connectivity index (χ1v) is 9.71. The zero-order valence-electron chi connectivity index (χ0n) is 13.0. The summed E-state index contributed by atoms with van der Waals surface area (Å²) in [5.41, 5.74) is 0. The van der Waals surface area contributed by atoms with Crippen LogP contribution < -0.4 is 5.32 Å². The number of rotatable bonds is 4. The molecule has 0 spiro atoms. The number of carbonyl (C=O) groups is 3. The van der Waals surface area contributed by atoms with Crippen LogP contribution in [-0.4, -0.2) is 66.3 Å². The maximum absolute atomic E-state index is 12.1. The Hall–Kier alpha value is -1.48. The van der Waals surface area contributed by atoms with E-state index in [9.17, 15) is 22.8 Å². The summed E-state index contributed by atoms with van der Waals surface area (Å²) in [5, 5.41) is 2.85. The SMILES string of the molecule is CS(=O)(=O)N1[C@H]2CC[C@H]1CC(NC(=O)CN1C(=O)CCC1=O)C2. The van der Waals surface area contributed by atoms with E-state index in [2.05, 4.69) is 5.32 Å². The summed E-state index contributed by atoms with van der Waals surface area (Å²) in [6.07, 6.45) is 4.35. The van der Waals surface area contributed by atoms with Crippen LogP contribution in [0, 0.1) is 0 Å². The highest BCUT2D eigenvalue weighted by atomic mass is 32.2. The molecule has 0 aliphatic carbocycles. The van der Waals surface area contributed by atoms with Crippen LogP contribution in [0.4, 0.5) is 0 Å². The summed E-state index contributed by atoms with van der Waals surface area (Å²) in [6, 6.07) is -0.237. The van der Waals surface area contributed by atoms with Gasteiger partial charge in [0.2, 0.25) is 27.7 Å². The van der Waals surface area contributed by atoms with E-state index in [0.29, 0.717) is 12.8 Å². The van der Waals surface area contributed by atoms with E-state index >= 15 is 0 Å². The van der Waals surface area contributed by atoms with Gasteiger partial charge in [0.05, 0.1) is 6.26 Å². The van der Waals surface area contributed by atoms with Crippen molar-refractivity contribution in [2.45, 2.75) is 56.7 Å². The molecule has 0 saturated carbocycles. The van der Waals surface area contributed by atoms with E-state index in [1.165, 1.54) is 6.26 Å². The standard InChI is InChI=1S/C14H21N3O5S/c1-23(21,22)17-10-2-3-11(17)7-9(6-10)15-12(18)8-16-13(19)4-5-14(16)20/h9-11H,2-8H2,1H3,(H,15,18)/t10-,11-/m0/s1. The van der Waals surface area contributed by atoms with Gasteiger partial charge in [-0.2, -0.15) is 4.31 Å². The van der Waals surface area contributed by atoms with E-state index in [0.717, 1.165) is 17.7 Å². The number of imide groups is 1. The molecule has 3 aliphatic heterocycles. The lowest BCUT2D eigenvalue weighted by atomic mass is 10.00. The van der Waals surface area contributed by atoms with Crippen molar-refractivity contribution in [1.29, 1.82) is 0 Å². The minimum Gasteiger partial charge on any atom is -0.352 e. The van der Waals surface area contributed by atoms with Crippen LogP contribution >= 0.6 is 0 Å². The Morgan fingerprint density at radius 2 is 1.65 bits per heavy atom. The van der Waals surface area contributed by atoms with Gasteiger partial charge in [-0.3, -0.25) is 19.3 Å². The fourth-order valence-electron chi connectivity index (χ4n) is 4.01. The molecule has 23 heavy (non-hydrogen) atoms. The minimum atomic E-state index is -3.22. The highest BCUT2D eigenvalue weighted by molar-refractivity contribution is 7.88. The van der Waals surface area contributed by atoms with Crippen LogP contribution in [0.3, 0.4) is 0 Å². The van der Waals surface area contributed by atoms with E-state index in [1.807, 2.05) is 0 Å². The summed E-state index contributed by atoms with van der Waals surface area (Å²) < 4.78 is 25.2. The van der Waals surface area contributed by atoms with Crippen LogP contribution in [0.1, 0.15) is 38.5 Å². The van der Waals surface area contributed by atoms with Crippen LogP contribution in [0.5, 0.6) is 0 Å². The van der Waals surface area contributed by atoms with Gasteiger partial charge in [-0.1, -0.05) is 0 Å². The zero-order valence-corrected chi connectivity index (χ0v) is 13.8. The van der Waals surface area contributed by atoms with Gasteiger partial charge < -0.3 is 5.32 Å². The summed E-state index contributed by atoms with van der Waals surface area (Å²) in [7, 11) is -3.22. The van der Waals surface area contributed by atoms with Gasteiger partial charge in [-0.05, 0) is 25.7 Å². The fourth-order valence-corrected chi connectivity index (χ4v) is 5.48. The number of likely N-dealkylation sites (tertiary alicyclic amines) is 1. The Kier molecular flexibility index (Phi) is 4.18. The van der Waals surface area contributed by atoms with Crippen molar-refractivity contribution in [2.24, 2.45) is 0 Å². The lowest BCUT2D eigenvalue weighted by Crippen LogP contribution is -2.53. The third-order valence-electron chi connectivity index (χ3n) is 4.87. The Balaban J connectivity index is 1.57. The molecule has 0 aromatic rings. The fraction of sp³-hybridized carbons (Fsp3) is 0.786. The van der Waals surface area contributed by atoms with Crippen molar-refractivity contribution in [2.75, 3.05) is 12.8 Å². The van der Waals surface area contributed by atoms with Crippen LogP contribution in [0.15, 0.2) is 0 Å². The predicted molar refractivity (Wildman–Crippen MR) is 80.6 cm³/mol. The maximum atomic E-state index is 12.1. The molecule has 8 nitrogen and oxygen atoms in total. The molecule has 0 aromatic carbocycles. The van der Waals surface area contributed by atoms with Gasteiger partial charge in [0, 0.05) is 31.0 Å². The number of nitrogens with zero attached hydrogens (tertiary/aromatic N) is 2. The zero-order chi connectivity index (χ0) is 16.8. The van der Waals surface area contributed by atoms with Crippen molar-refractivity contribution in [3.8, 4) is 0 Å². The smallest absolute Gasteiger partial charge is 0.240 e. The average Bonchev–Trinajstić information content (AvgIpc) is 2.90. The van der Waals surface area contributed by atoms with Crippen molar-refractivity contribution >= 4 is 27.7 Å². The van der Waals surface area contributed by atoms with Crippen LogP contribution in [-0.2, 0) is 24.4 Å². The van der Waals surface area contributed by atoms with Crippen molar-refractivity contribution in [1.82, 2.24) is 14.5 Å². The predicted octanol–water partition coefficient (Wildman–Crippen LogP) is -0.793. The molecule has 9 heteroatoms. The summed E-state index contributed by atoms with van der Waals surface area (Å²) in [5.74, 6) is -0.972. The highest BCUT2D eigenvalue weighted by Crippen LogP contribution is 2.37. The Morgan fingerprint density at radius 1 is 1.13 bits per heavy atom. The number of nitrogens with one attached hydrogen (secondary N) is 1. The average molecular weight is 343 g/mol. The minimum absolute atomic E-state index is 0.0656. The molecule has 0 unspecified atom stereocenters. The normalized spacial score (nSPS) is 31.7. The molecule has 128 valence electrons. The van der Waals surface area contributed by atoms with Gasteiger partial charge in [0.15, 0.2) is 0 Å². The first-order chi connectivity index (χ1) is 10.8. The van der Waals surface area contributed by atoms with E-state index in [1.54, 1.807) is 4.31 Å². The number of hydrogen-bond acceptors (Lipinski definition) is 5. The molecule has 0 radical (unpaired) electrons. The van der Waals surface area contributed by atoms with E-state index < -0.39 is 10.0 Å². The molecule has 3 amide bonds. The van der Waals surface area contributed by atoms with Gasteiger partial charge >= 0.3 is 0 Å². The topological polar surface area (TPSA) is 104 Å². The van der Waals surface area contributed by atoms with Crippen LogP contribution in [0.2, 0.25) is 0 Å². The molecule has 0 aromatic heterocycles. The first kappa shape index (κ1) is 16.4. The van der Waals surface area contributed by atoms with Gasteiger partial charge in [-0.15, -0.1) is 0 Å². The third kappa shape index (κ3) is 3.25. The van der Waals surface area contributed by atoms with Gasteiger partial charge in [-0.25, -0.2) is 8.42 Å². The third-order valence-corrected chi connectivity index (χ3v) is 6.23. The monoisotopic (exact) mass is 343 g/mol.